The summed E-state index contributed by atoms with van der Waals surface area (Å²) in [5, 5.41) is 0. The molecule has 0 heteroatoms. The van der Waals surface area contributed by atoms with Gasteiger partial charge in [0.25, 0.3) is 0 Å². The lowest BCUT2D eigenvalue weighted by molar-refractivity contribution is 0.0337. The van der Waals surface area contributed by atoms with E-state index in [2.05, 4.69) is 0 Å². The Morgan fingerprint density at radius 3 is 1.10 bits per heavy atom. The van der Waals surface area contributed by atoms with Gasteiger partial charge in [-0.05, 0) is 49.4 Å². The van der Waals surface area contributed by atoms with Crippen molar-refractivity contribution in [1.82, 2.24) is 0 Å². The highest BCUT2D eigenvalue weighted by Gasteiger charge is 2.61. The molecule has 0 aromatic carbocycles. The molecule has 0 radical (unpaired) electrons. The maximum atomic E-state index is 1.97. The smallest absolute Gasteiger partial charge is 0.0131 e. The Balaban J connectivity index is 2.02. The van der Waals surface area contributed by atoms with Crippen LogP contribution in [0.2, 0.25) is 0 Å². The fourth-order valence-corrected chi connectivity index (χ4v) is 4.23. The van der Waals surface area contributed by atoms with Gasteiger partial charge in [0.05, 0.1) is 0 Å². The van der Waals surface area contributed by atoms with Gasteiger partial charge in [-0.2, -0.15) is 0 Å². The topological polar surface area (TPSA) is 0 Å². The van der Waals surface area contributed by atoms with Crippen molar-refractivity contribution in [2.75, 3.05) is 0 Å². The Morgan fingerprint density at radius 1 is 0.600 bits per heavy atom. The molecular formula is C10H12. The van der Waals surface area contributed by atoms with Gasteiger partial charge < -0.3 is 0 Å². The number of hydrogen-bond acceptors (Lipinski definition) is 0. The minimum atomic E-state index is 1.12. The van der Waals surface area contributed by atoms with Crippen LogP contribution in [0.15, 0.2) is 11.1 Å². The van der Waals surface area contributed by atoms with Crippen molar-refractivity contribution in [2.45, 2.75) is 25.7 Å². The molecule has 0 aromatic heterocycles. The van der Waals surface area contributed by atoms with Crippen molar-refractivity contribution >= 4 is 0 Å². The first-order valence-corrected chi connectivity index (χ1v) is 4.70. The molecule has 4 unspecified atom stereocenters. The molecule has 4 fully saturated rings. The van der Waals surface area contributed by atoms with Gasteiger partial charge in [0.2, 0.25) is 0 Å². The molecule has 7 rings (SSSR count). The molecule has 52 valence electrons. The van der Waals surface area contributed by atoms with Crippen molar-refractivity contribution in [3.05, 3.63) is 11.1 Å². The van der Waals surface area contributed by atoms with E-state index in [-0.39, 0.29) is 0 Å². The first-order chi connectivity index (χ1) is 4.97. The lowest BCUT2D eigenvalue weighted by Gasteiger charge is -2.67. The molecule has 0 amide bonds. The SMILES string of the molecule is C1CC2C3=C4C1C3CCC42. The van der Waals surface area contributed by atoms with Gasteiger partial charge in [-0.25, -0.2) is 0 Å². The molecule has 0 nitrogen and oxygen atoms in total. The van der Waals surface area contributed by atoms with Gasteiger partial charge in [-0.15, -0.1) is 0 Å². The Labute approximate surface area is 61.3 Å². The van der Waals surface area contributed by atoms with Crippen LogP contribution in [-0.4, -0.2) is 0 Å². The summed E-state index contributed by atoms with van der Waals surface area (Å²) in [5.74, 6) is 4.50. The fraction of sp³-hybridized carbons (Fsp3) is 0.800. The van der Waals surface area contributed by atoms with Crippen molar-refractivity contribution in [1.29, 1.82) is 0 Å². The second-order valence-electron chi connectivity index (χ2n) is 4.49. The molecule has 7 aliphatic rings. The summed E-state index contributed by atoms with van der Waals surface area (Å²) >= 11 is 0. The predicted octanol–water partition coefficient (Wildman–Crippen LogP) is 2.36. The van der Waals surface area contributed by atoms with E-state index in [1.165, 1.54) is 0 Å². The highest BCUT2D eigenvalue weighted by atomic mass is 14.7. The van der Waals surface area contributed by atoms with Crippen LogP contribution in [0.25, 0.3) is 0 Å². The maximum Gasteiger partial charge on any atom is -0.0131 e. The van der Waals surface area contributed by atoms with Crippen LogP contribution in [0, 0.1) is 23.7 Å². The lowest BCUT2D eigenvalue weighted by Crippen LogP contribution is -2.57. The van der Waals surface area contributed by atoms with Crippen LogP contribution in [0.1, 0.15) is 25.7 Å². The summed E-state index contributed by atoms with van der Waals surface area (Å²) in [6.07, 6.45) is 6.24. The van der Waals surface area contributed by atoms with Crippen LogP contribution in [0.5, 0.6) is 0 Å². The van der Waals surface area contributed by atoms with E-state index in [4.69, 9.17) is 0 Å². The minimum absolute atomic E-state index is 1.12. The van der Waals surface area contributed by atoms with Crippen LogP contribution >= 0.6 is 0 Å². The van der Waals surface area contributed by atoms with E-state index in [0.29, 0.717) is 0 Å². The molecule has 4 atom stereocenters. The second-order valence-corrected chi connectivity index (χ2v) is 4.49. The molecular weight excluding hydrogens is 120 g/mol. The quantitative estimate of drug-likeness (QED) is 0.444. The Morgan fingerprint density at radius 2 is 0.900 bits per heavy atom. The Kier molecular flexibility index (Phi) is 0.508. The lowest BCUT2D eigenvalue weighted by atomic mass is 9.37. The molecule has 4 saturated carbocycles. The van der Waals surface area contributed by atoms with Gasteiger partial charge in [0.1, 0.15) is 0 Å². The van der Waals surface area contributed by atoms with Crippen LogP contribution in [-0.2, 0) is 0 Å². The monoisotopic (exact) mass is 132 g/mol. The van der Waals surface area contributed by atoms with E-state index >= 15 is 0 Å². The van der Waals surface area contributed by atoms with Gasteiger partial charge in [-0.3, -0.25) is 0 Å². The summed E-state index contributed by atoms with van der Waals surface area (Å²) in [7, 11) is 0. The van der Waals surface area contributed by atoms with Crippen molar-refractivity contribution < 1.29 is 0 Å². The standard InChI is InChI=1S/C10H12/c1-2-6-8-4-3-7-5(1)9(8)10(6)7/h5-8H,1-4H2. The molecule has 0 saturated heterocycles. The van der Waals surface area contributed by atoms with E-state index in [9.17, 15) is 0 Å². The number of allylic oxidation sites excluding steroid dienone is 2. The molecule has 0 aromatic rings. The van der Waals surface area contributed by atoms with Crippen molar-refractivity contribution in [2.24, 2.45) is 23.7 Å². The number of hydrogen-bond donors (Lipinski definition) is 0. The average molecular weight is 132 g/mol. The predicted molar refractivity (Wildman–Crippen MR) is 39.5 cm³/mol. The van der Waals surface area contributed by atoms with E-state index < -0.39 is 0 Å². The fourth-order valence-electron chi connectivity index (χ4n) is 4.23. The van der Waals surface area contributed by atoms with E-state index in [0.717, 1.165) is 23.7 Å². The zero-order chi connectivity index (χ0) is 6.29. The zero-order valence-corrected chi connectivity index (χ0v) is 6.14. The first kappa shape index (κ1) is 4.58. The summed E-state index contributed by atoms with van der Waals surface area (Å²) in [4.78, 5) is 0. The van der Waals surface area contributed by atoms with Crippen LogP contribution in [0.4, 0.5) is 0 Å². The summed E-state index contributed by atoms with van der Waals surface area (Å²) in [6, 6.07) is 0. The molecule has 0 N–H and O–H groups in total. The normalized spacial score (nSPS) is 60.0. The molecule has 0 aliphatic heterocycles. The van der Waals surface area contributed by atoms with E-state index in [1.807, 2.05) is 11.1 Å². The van der Waals surface area contributed by atoms with Gasteiger partial charge in [0, 0.05) is 0 Å². The third-order valence-electron chi connectivity index (χ3n) is 4.48. The molecule has 6 bridgehead atoms. The van der Waals surface area contributed by atoms with E-state index in [1.54, 1.807) is 25.7 Å². The Bertz CT molecular complexity index is 199. The van der Waals surface area contributed by atoms with Crippen molar-refractivity contribution in [3.8, 4) is 0 Å². The van der Waals surface area contributed by atoms with Crippen LogP contribution < -0.4 is 0 Å². The molecule has 7 aliphatic carbocycles. The third kappa shape index (κ3) is 0.247. The second kappa shape index (κ2) is 1.11. The van der Waals surface area contributed by atoms with Crippen LogP contribution in [0.3, 0.4) is 0 Å². The summed E-state index contributed by atoms with van der Waals surface area (Å²) < 4.78 is 0. The highest BCUT2D eigenvalue weighted by Crippen LogP contribution is 2.72. The molecule has 10 heavy (non-hydrogen) atoms. The largest absolute Gasteiger partial charge is 0.0630 e. The number of fused-ring (bicyclic) bond motifs is 1. The van der Waals surface area contributed by atoms with Gasteiger partial charge in [0.15, 0.2) is 0 Å². The maximum absolute atomic E-state index is 1.97. The van der Waals surface area contributed by atoms with Crippen molar-refractivity contribution in [3.63, 3.8) is 0 Å². The average Bonchev–Trinajstić information content (AvgIpc) is 2.05. The first-order valence-electron chi connectivity index (χ1n) is 4.70. The van der Waals surface area contributed by atoms with Gasteiger partial charge >= 0.3 is 0 Å². The number of rotatable bonds is 0. The molecule has 0 spiro atoms. The van der Waals surface area contributed by atoms with Gasteiger partial charge in [-0.1, -0.05) is 11.1 Å². The third-order valence-corrected chi connectivity index (χ3v) is 4.48. The highest BCUT2D eigenvalue weighted by molar-refractivity contribution is 5.50. The zero-order valence-electron chi connectivity index (χ0n) is 6.14. The minimum Gasteiger partial charge on any atom is -0.0630 e. The molecule has 0 heterocycles. The summed E-state index contributed by atoms with van der Waals surface area (Å²) in [6.45, 7) is 0. The Hall–Kier alpha value is -0.260. The summed E-state index contributed by atoms with van der Waals surface area (Å²) in [5.41, 5.74) is 3.93.